The number of rotatable bonds is 12. The average molecular weight is 573 g/mol. The number of alkyl halides is 3. The number of ether oxygens (including phenoxy) is 1. The molecule has 0 spiro atoms. The summed E-state index contributed by atoms with van der Waals surface area (Å²) in [5.41, 5.74) is 0.905. The van der Waals surface area contributed by atoms with Crippen molar-refractivity contribution in [1.29, 1.82) is 0 Å². The van der Waals surface area contributed by atoms with Crippen LogP contribution in [0.4, 0.5) is 19.0 Å². The van der Waals surface area contributed by atoms with Gasteiger partial charge in [0.15, 0.2) is 11.5 Å². The fourth-order valence-electron chi connectivity index (χ4n) is 3.54. The second kappa shape index (κ2) is 12.9. The van der Waals surface area contributed by atoms with Gasteiger partial charge in [0.25, 0.3) is 5.91 Å². The minimum absolute atomic E-state index is 0.0257. The molecule has 1 aromatic heterocycles. The van der Waals surface area contributed by atoms with Crippen LogP contribution >= 0.6 is 11.6 Å². The van der Waals surface area contributed by atoms with Gasteiger partial charge in [0.2, 0.25) is 11.6 Å². The molecule has 0 aliphatic heterocycles. The van der Waals surface area contributed by atoms with E-state index in [4.69, 9.17) is 16.7 Å². The number of nitrogens with zero attached hydrogens (tertiary/aromatic N) is 3. The molecule has 38 heavy (non-hydrogen) atoms. The molecule has 2 aromatic carbocycles. The first-order valence-electron chi connectivity index (χ1n) is 11.2. The highest BCUT2D eigenvalue weighted by Gasteiger charge is 2.32. The van der Waals surface area contributed by atoms with E-state index in [1.807, 2.05) is 0 Å². The third kappa shape index (κ3) is 7.55. The van der Waals surface area contributed by atoms with Crippen molar-refractivity contribution in [3.63, 3.8) is 0 Å². The van der Waals surface area contributed by atoms with Crippen molar-refractivity contribution in [3.05, 3.63) is 70.4 Å². The van der Waals surface area contributed by atoms with Crippen molar-refractivity contribution in [2.75, 3.05) is 25.5 Å². The van der Waals surface area contributed by atoms with Gasteiger partial charge in [-0.05, 0) is 41.8 Å². The minimum Gasteiger partial charge on any atom is -0.406 e. The molecule has 0 saturated carbocycles. The highest BCUT2D eigenvalue weighted by molar-refractivity contribution is 7.84. The molecule has 3 rings (SSSR count). The Balaban J connectivity index is 2.04. The first-order chi connectivity index (χ1) is 18.1. The van der Waals surface area contributed by atoms with Crippen molar-refractivity contribution in [1.82, 2.24) is 14.5 Å². The lowest BCUT2D eigenvalue weighted by Gasteiger charge is -2.18. The predicted molar refractivity (Wildman–Crippen MR) is 134 cm³/mol. The van der Waals surface area contributed by atoms with Gasteiger partial charge in [-0.15, -0.1) is 13.2 Å². The van der Waals surface area contributed by atoms with E-state index in [0.717, 1.165) is 17.0 Å². The van der Waals surface area contributed by atoms with Crippen molar-refractivity contribution in [3.8, 4) is 5.75 Å². The standard InChI is InChI=1S/C24H24ClF3N4O5S/c1-29-21-20(22(35)31(15-34)10-3-11-33)32(13-16-6-8-18(25)9-7-16)23(30-21)38(36)14-17-4-2-5-19(12-17)37-24(26,27)28/h2,4-9,12,15,29,33H,3,10-11,13-14H2,1H3. The maximum atomic E-state index is 13.5. The summed E-state index contributed by atoms with van der Waals surface area (Å²) in [6.45, 7) is -0.274. The van der Waals surface area contributed by atoms with Crippen LogP contribution in [0.2, 0.25) is 5.02 Å². The number of carbonyl (C=O) groups is 2. The van der Waals surface area contributed by atoms with Gasteiger partial charge < -0.3 is 19.7 Å². The van der Waals surface area contributed by atoms with Crippen LogP contribution in [0.15, 0.2) is 53.7 Å². The van der Waals surface area contributed by atoms with E-state index in [1.165, 1.54) is 23.7 Å². The summed E-state index contributed by atoms with van der Waals surface area (Å²) in [5.74, 6) is -1.38. The van der Waals surface area contributed by atoms with Crippen LogP contribution < -0.4 is 10.1 Å². The Morgan fingerprint density at radius 3 is 2.55 bits per heavy atom. The van der Waals surface area contributed by atoms with Gasteiger partial charge >= 0.3 is 6.36 Å². The molecule has 1 atom stereocenters. The summed E-state index contributed by atoms with van der Waals surface area (Å²) < 4.78 is 56.7. The summed E-state index contributed by atoms with van der Waals surface area (Å²) in [7, 11) is -0.438. The maximum absolute atomic E-state index is 13.5. The lowest BCUT2D eigenvalue weighted by molar-refractivity contribution is -0.274. The quantitative estimate of drug-likeness (QED) is 0.317. The largest absolute Gasteiger partial charge is 0.573 e. The highest BCUT2D eigenvalue weighted by Crippen LogP contribution is 2.27. The molecule has 2 amide bonds. The van der Waals surface area contributed by atoms with Gasteiger partial charge in [0, 0.05) is 25.2 Å². The zero-order chi connectivity index (χ0) is 27.9. The molecule has 1 unspecified atom stereocenters. The molecule has 9 nitrogen and oxygen atoms in total. The molecule has 0 aliphatic rings. The van der Waals surface area contributed by atoms with Crippen LogP contribution in [0.1, 0.15) is 28.0 Å². The molecule has 1 heterocycles. The number of nitrogens with one attached hydrogen (secondary N) is 1. The van der Waals surface area contributed by atoms with Gasteiger partial charge in [-0.2, -0.15) is 0 Å². The summed E-state index contributed by atoms with van der Waals surface area (Å²) in [4.78, 5) is 30.2. The Kier molecular flexibility index (Phi) is 9.89. The molecule has 3 aromatic rings. The number of aliphatic hydroxyl groups is 1. The summed E-state index contributed by atoms with van der Waals surface area (Å²) in [5, 5.41) is 12.3. The summed E-state index contributed by atoms with van der Waals surface area (Å²) >= 11 is 5.98. The van der Waals surface area contributed by atoms with E-state index in [0.29, 0.717) is 17.0 Å². The van der Waals surface area contributed by atoms with Gasteiger partial charge in [0.1, 0.15) is 5.75 Å². The SMILES string of the molecule is CNc1nc(S(=O)Cc2cccc(OC(F)(F)F)c2)n(Cc2ccc(Cl)cc2)c1C(=O)N(C=O)CCCO. The van der Waals surface area contributed by atoms with Crippen molar-refractivity contribution < 1.29 is 36.8 Å². The number of halogens is 4. The van der Waals surface area contributed by atoms with Crippen LogP contribution in [0.25, 0.3) is 0 Å². The normalized spacial score (nSPS) is 12.2. The van der Waals surface area contributed by atoms with Crippen LogP contribution in [-0.2, 0) is 27.9 Å². The molecule has 14 heteroatoms. The smallest absolute Gasteiger partial charge is 0.406 e. The molecule has 204 valence electrons. The van der Waals surface area contributed by atoms with E-state index < -0.39 is 28.8 Å². The van der Waals surface area contributed by atoms with E-state index >= 15 is 0 Å². The molecule has 0 aliphatic carbocycles. The fraction of sp³-hybridized carbons (Fsp3) is 0.292. The number of hydrogen-bond donors (Lipinski definition) is 2. The van der Waals surface area contributed by atoms with E-state index in [2.05, 4.69) is 15.0 Å². The van der Waals surface area contributed by atoms with Crippen LogP contribution in [0, 0.1) is 0 Å². The zero-order valence-corrected chi connectivity index (χ0v) is 21.6. The lowest BCUT2D eigenvalue weighted by atomic mass is 10.2. The van der Waals surface area contributed by atoms with Crippen molar-refractivity contribution >= 4 is 40.5 Å². The molecule has 0 radical (unpaired) electrons. The number of aliphatic hydroxyl groups excluding tert-OH is 1. The Morgan fingerprint density at radius 1 is 1.24 bits per heavy atom. The number of amides is 2. The first kappa shape index (κ1) is 29.1. The van der Waals surface area contributed by atoms with E-state index in [1.54, 1.807) is 24.3 Å². The lowest BCUT2D eigenvalue weighted by Crippen LogP contribution is -2.33. The molecule has 0 bridgehead atoms. The highest BCUT2D eigenvalue weighted by atomic mass is 35.5. The average Bonchev–Trinajstić information content (AvgIpc) is 3.23. The number of aromatic nitrogens is 2. The first-order valence-corrected chi connectivity index (χ1v) is 12.9. The van der Waals surface area contributed by atoms with Crippen LogP contribution in [0.3, 0.4) is 0 Å². The summed E-state index contributed by atoms with van der Waals surface area (Å²) in [6, 6.07) is 11.7. The molecule has 2 N–H and O–H groups in total. The number of carbonyl (C=O) groups excluding carboxylic acids is 2. The molecule has 0 saturated heterocycles. The number of hydrogen-bond acceptors (Lipinski definition) is 7. The van der Waals surface area contributed by atoms with Crippen LogP contribution in [-0.4, -0.2) is 62.6 Å². The second-order valence-corrected chi connectivity index (χ2v) is 9.70. The summed E-state index contributed by atoms with van der Waals surface area (Å²) in [6.07, 6.45) is -4.40. The number of imidazole rings is 1. The fourth-order valence-corrected chi connectivity index (χ4v) is 4.88. The molecular formula is C24H24ClF3N4O5S. The van der Waals surface area contributed by atoms with Crippen molar-refractivity contribution in [2.45, 2.75) is 30.2 Å². The zero-order valence-electron chi connectivity index (χ0n) is 20.1. The number of anilines is 1. The van der Waals surface area contributed by atoms with Gasteiger partial charge in [-0.25, -0.2) is 4.98 Å². The Morgan fingerprint density at radius 2 is 1.95 bits per heavy atom. The van der Waals surface area contributed by atoms with Gasteiger partial charge in [-0.1, -0.05) is 35.9 Å². The monoisotopic (exact) mass is 572 g/mol. The Hall–Kier alpha value is -3.42. The van der Waals surface area contributed by atoms with Gasteiger partial charge in [-0.3, -0.25) is 18.7 Å². The maximum Gasteiger partial charge on any atom is 0.573 e. The number of imide groups is 1. The molecule has 0 fully saturated rings. The third-order valence-electron chi connectivity index (χ3n) is 5.20. The Bertz CT molecular complexity index is 1300. The predicted octanol–water partition coefficient (Wildman–Crippen LogP) is 3.81. The topological polar surface area (TPSA) is 114 Å². The number of benzene rings is 2. The van der Waals surface area contributed by atoms with E-state index in [9.17, 15) is 27.0 Å². The third-order valence-corrected chi connectivity index (χ3v) is 6.77. The second-order valence-electron chi connectivity index (χ2n) is 7.92. The van der Waals surface area contributed by atoms with Gasteiger partial charge in [0.05, 0.1) is 23.1 Å². The van der Waals surface area contributed by atoms with Crippen LogP contribution in [0.5, 0.6) is 5.75 Å². The Labute approximate surface area is 223 Å². The van der Waals surface area contributed by atoms with Crippen molar-refractivity contribution in [2.24, 2.45) is 0 Å². The minimum atomic E-state index is -4.88. The van der Waals surface area contributed by atoms with E-state index in [-0.39, 0.29) is 54.1 Å². The molecular weight excluding hydrogens is 549 g/mol.